The van der Waals surface area contributed by atoms with E-state index in [1.165, 1.54) is 11.5 Å². The van der Waals surface area contributed by atoms with Crippen LogP contribution in [0.4, 0.5) is 0 Å². The van der Waals surface area contributed by atoms with E-state index in [0.29, 0.717) is 4.73 Å². The van der Waals surface area contributed by atoms with Gasteiger partial charge in [-0.3, -0.25) is 0 Å². The molecule has 66 valence electrons. The fourth-order valence-corrected chi connectivity index (χ4v) is 2.42. The van der Waals surface area contributed by atoms with Gasteiger partial charge in [0.05, 0.1) is 0 Å². The van der Waals surface area contributed by atoms with Crippen LogP contribution in [0.25, 0.3) is 10.6 Å². The van der Waals surface area contributed by atoms with E-state index in [9.17, 15) is 0 Å². The summed E-state index contributed by atoms with van der Waals surface area (Å²) in [5.41, 5.74) is 1.08. The maximum Gasteiger partial charge on any atom is 0.209 e. The van der Waals surface area contributed by atoms with Crippen molar-refractivity contribution in [2.24, 2.45) is 0 Å². The summed E-state index contributed by atoms with van der Waals surface area (Å²) in [5, 5.41) is 0.924. The Kier molecular flexibility index (Phi) is 2.76. The molecule has 0 N–H and O–H groups in total. The van der Waals surface area contributed by atoms with Crippen LogP contribution in [0.3, 0.4) is 0 Å². The largest absolute Gasteiger partial charge is 0.209 e. The first-order valence-electron chi connectivity index (χ1n) is 3.51. The van der Waals surface area contributed by atoms with Crippen LogP contribution in [0.5, 0.6) is 0 Å². The Morgan fingerprint density at radius 1 is 1.23 bits per heavy atom. The fraction of sp³-hybridized carbons (Fsp3) is 0. The minimum Gasteiger partial charge on any atom is -0.209 e. The van der Waals surface area contributed by atoms with Crippen molar-refractivity contribution in [3.8, 4) is 10.6 Å². The number of hydrogen-bond acceptors (Lipinski definition) is 3. The summed E-state index contributed by atoms with van der Waals surface area (Å²) in [6.45, 7) is 0. The molecule has 0 bridgehead atoms. The van der Waals surface area contributed by atoms with Crippen molar-refractivity contribution >= 4 is 43.4 Å². The molecule has 0 spiro atoms. The smallest absolute Gasteiger partial charge is 0.209 e. The molecule has 1 heterocycles. The quantitative estimate of drug-likeness (QED) is 0.800. The average Bonchev–Trinajstić information content (AvgIpc) is 2.52. The summed E-state index contributed by atoms with van der Waals surface area (Å²) >= 11 is 8.02. The van der Waals surface area contributed by atoms with Gasteiger partial charge in [0.2, 0.25) is 4.73 Å². The van der Waals surface area contributed by atoms with E-state index in [1.54, 1.807) is 0 Å². The fourth-order valence-electron chi connectivity index (χ4n) is 0.944. The second kappa shape index (κ2) is 3.86. The summed E-state index contributed by atoms with van der Waals surface area (Å²) in [6.07, 6.45) is 0. The number of aromatic nitrogens is 2. The topological polar surface area (TPSA) is 25.8 Å². The first-order valence-corrected chi connectivity index (χ1v) is 5.87. The van der Waals surface area contributed by atoms with Crippen molar-refractivity contribution < 1.29 is 0 Å². The monoisotopic (exact) mass is 318 g/mol. The van der Waals surface area contributed by atoms with Gasteiger partial charge in [-0.2, -0.15) is 4.37 Å². The number of nitrogens with zero attached hydrogens (tertiary/aromatic N) is 2. The van der Waals surface area contributed by atoms with Crippen molar-refractivity contribution in [3.63, 3.8) is 0 Å². The highest BCUT2D eigenvalue weighted by atomic mass is 79.9. The summed E-state index contributed by atoms with van der Waals surface area (Å²) in [4.78, 5) is 4.23. The Hall–Kier alpha value is -0.260. The molecule has 2 rings (SSSR count). The van der Waals surface area contributed by atoms with Crippen LogP contribution < -0.4 is 0 Å². The molecule has 0 radical (unpaired) electrons. The molecule has 0 aliphatic heterocycles. The Morgan fingerprint density at radius 3 is 2.69 bits per heavy atom. The molecule has 0 saturated heterocycles. The van der Waals surface area contributed by atoms with Gasteiger partial charge in [-0.15, -0.1) is 0 Å². The van der Waals surface area contributed by atoms with Crippen LogP contribution in [0.15, 0.2) is 33.5 Å². The summed E-state index contributed by atoms with van der Waals surface area (Å²) in [7, 11) is 0. The number of benzene rings is 1. The number of halogens is 2. The van der Waals surface area contributed by atoms with E-state index in [2.05, 4.69) is 41.2 Å². The second-order valence-corrected chi connectivity index (χ2v) is 4.76. The molecule has 0 unspecified atom stereocenters. The van der Waals surface area contributed by atoms with Gasteiger partial charge in [0.1, 0.15) is 5.01 Å². The Bertz CT molecular complexity index is 428. The summed E-state index contributed by atoms with van der Waals surface area (Å²) in [5.74, 6) is 0. The molecule has 1 aromatic carbocycles. The van der Waals surface area contributed by atoms with Crippen molar-refractivity contribution in [2.45, 2.75) is 0 Å². The minimum atomic E-state index is 0.646. The van der Waals surface area contributed by atoms with Crippen molar-refractivity contribution in [1.29, 1.82) is 0 Å². The Morgan fingerprint density at radius 2 is 2.08 bits per heavy atom. The first-order chi connectivity index (χ1) is 6.25. The van der Waals surface area contributed by atoms with Gasteiger partial charge in [0.15, 0.2) is 0 Å². The van der Waals surface area contributed by atoms with E-state index in [1.807, 2.05) is 24.3 Å². The van der Waals surface area contributed by atoms with Gasteiger partial charge in [-0.25, -0.2) is 4.98 Å². The van der Waals surface area contributed by atoms with Gasteiger partial charge >= 0.3 is 0 Å². The molecular weight excluding hydrogens is 316 g/mol. The molecule has 0 fully saturated rings. The predicted molar refractivity (Wildman–Crippen MR) is 60.7 cm³/mol. The molecule has 2 nitrogen and oxygen atoms in total. The third-order valence-electron chi connectivity index (χ3n) is 1.47. The minimum absolute atomic E-state index is 0.646. The normalized spacial score (nSPS) is 10.3. The first kappa shape index (κ1) is 9.30. The zero-order valence-corrected chi connectivity index (χ0v) is 10.4. The molecule has 0 saturated carbocycles. The van der Waals surface area contributed by atoms with Crippen LogP contribution in [-0.4, -0.2) is 9.36 Å². The molecular formula is C8H4Br2N2S. The standard InChI is InChI=1S/C8H4Br2N2S/c9-6-3-1-2-5(4-6)7-11-8(10)12-13-7/h1-4H. The van der Waals surface area contributed by atoms with Crippen molar-refractivity contribution in [3.05, 3.63) is 33.5 Å². The van der Waals surface area contributed by atoms with E-state index in [0.717, 1.165) is 15.0 Å². The molecule has 0 aliphatic rings. The van der Waals surface area contributed by atoms with Gasteiger partial charge in [-0.05, 0) is 39.6 Å². The van der Waals surface area contributed by atoms with Crippen LogP contribution in [-0.2, 0) is 0 Å². The van der Waals surface area contributed by atoms with Crippen molar-refractivity contribution in [1.82, 2.24) is 9.36 Å². The molecule has 5 heteroatoms. The van der Waals surface area contributed by atoms with Gasteiger partial charge in [0, 0.05) is 10.0 Å². The molecule has 13 heavy (non-hydrogen) atoms. The lowest BCUT2D eigenvalue weighted by Crippen LogP contribution is -1.75. The highest BCUT2D eigenvalue weighted by molar-refractivity contribution is 9.10. The molecule has 0 aliphatic carbocycles. The van der Waals surface area contributed by atoms with Crippen LogP contribution in [0.1, 0.15) is 0 Å². The van der Waals surface area contributed by atoms with Crippen LogP contribution in [0.2, 0.25) is 0 Å². The van der Waals surface area contributed by atoms with Gasteiger partial charge in [0.25, 0.3) is 0 Å². The molecule has 1 aromatic heterocycles. The number of rotatable bonds is 1. The van der Waals surface area contributed by atoms with Crippen LogP contribution >= 0.6 is 43.4 Å². The maximum atomic E-state index is 4.23. The SMILES string of the molecule is Brc1cccc(-c2nc(Br)ns2)c1. The lowest BCUT2D eigenvalue weighted by Gasteiger charge is -1.94. The third kappa shape index (κ3) is 2.15. The third-order valence-corrected chi connectivity index (χ3v) is 3.32. The van der Waals surface area contributed by atoms with Crippen molar-refractivity contribution in [2.75, 3.05) is 0 Å². The van der Waals surface area contributed by atoms with E-state index in [-0.39, 0.29) is 0 Å². The van der Waals surface area contributed by atoms with Gasteiger partial charge < -0.3 is 0 Å². The molecule has 0 atom stereocenters. The lowest BCUT2D eigenvalue weighted by atomic mass is 10.2. The van der Waals surface area contributed by atoms with Crippen LogP contribution in [0, 0.1) is 0 Å². The highest BCUT2D eigenvalue weighted by Gasteiger charge is 2.03. The zero-order chi connectivity index (χ0) is 9.26. The highest BCUT2D eigenvalue weighted by Crippen LogP contribution is 2.25. The number of hydrogen-bond donors (Lipinski definition) is 0. The second-order valence-electron chi connectivity index (χ2n) is 2.38. The predicted octanol–water partition coefficient (Wildman–Crippen LogP) is 3.73. The Labute approximate surface area is 96.4 Å². The average molecular weight is 320 g/mol. The molecule has 2 aromatic rings. The lowest BCUT2D eigenvalue weighted by molar-refractivity contribution is 1.26. The Balaban J connectivity index is 2.46. The maximum absolute atomic E-state index is 4.23. The van der Waals surface area contributed by atoms with E-state index < -0.39 is 0 Å². The van der Waals surface area contributed by atoms with E-state index >= 15 is 0 Å². The summed E-state index contributed by atoms with van der Waals surface area (Å²) < 4.78 is 5.75. The zero-order valence-electron chi connectivity index (χ0n) is 6.37. The van der Waals surface area contributed by atoms with E-state index in [4.69, 9.17) is 0 Å². The summed E-state index contributed by atoms with van der Waals surface area (Å²) in [6, 6.07) is 8.00. The molecule has 0 amide bonds. The van der Waals surface area contributed by atoms with Gasteiger partial charge in [-0.1, -0.05) is 28.1 Å².